The number of unbranched alkanes of at least 4 members (excludes halogenated alkanes) is 20. The van der Waals surface area contributed by atoms with Gasteiger partial charge in [-0.15, -0.1) is 0 Å². The summed E-state index contributed by atoms with van der Waals surface area (Å²) in [6.45, 7) is 4.61. The van der Waals surface area contributed by atoms with E-state index in [1.165, 1.54) is 135 Å². The smallest absolute Gasteiger partial charge is 0.0466 e. The molecule has 0 radical (unpaired) electrons. The average molecular weight is 399 g/mol. The third-order valence-corrected chi connectivity index (χ3v) is 5.84. The maximum absolute atomic E-state index is 8.74. The van der Waals surface area contributed by atoms with Gasteiger partial charge >= 0.3 is 0 Å². The second kappa shape index (κ2) is 26.9. The summed E-state index contributed by atoms with van der Waals surface area (Å²) in [4.78, 5) is 0. The lowest BCUT2D eigenvalue weighted by Crippen LogP contribution is -1.97. The zero-order valence-corrected chi connectivity index (χ0v) is 19.5. The monoisotopic (exact) mass is 398 g/mol. The van der Waals surface area contributed by atoms with Gasteiger partial charge in [-0.1, -0.05) is 129 Å². The number of aliphatic hydroxyl groups excluding tert-OH is 1. The SMILES string of the molecule is CCCCCCCCCCCCOCCCCCCCCCCCCCCO. The normalized spacial score (nSPS) is 11.4. The number of hydrogen-bond acceptors (Lipinski definition) is 2. The zero-order chi connectivity index (χ0) is 20.4. The van der Waals surface area contributed by atoms with Crippen LogP contribution < -0.4 is 0 Å². The minimum atomic E-state index is 0.365. The molecule has 0 aliphatic heterocycles. The third kappa shape index (κ3) is 25.9. The van der Waals surface area contributed by atoms with Crippen LogP contribution in [-0.2, 0) is 4.74 Å². The molecule has 0 spiro atoms. The van der Waals surface area contributed by atoms with E-state index in [2.05, 4.69) is 6.92 Å². The minimum Gasteiger partial charge on any atom is -0.396 e. The lowest BCUT2D eigenvalue weighted by atomic mass is 10.1. The average Bonchev–Trinajstić information content (AvgIpc) is 2.71. The first kappa shape index (κ1) is 27.9. The van der Waals surface area contributed by atoms with E-state index in [-0.39, 0.29) is 0 Å². The molecule has 0 aromatic rings. The summed E-state index contributed by atoms with van der Waals surface area (Å²) in [5.41, 5.74) is 0. The molecule has 0 aromatic carbocycles. The van der Waals surface area contributed by atoms with Crippen LogP contribution in [0.4, 0.5) is 0 Å². The molecule has 0 atom stereocenters. The first-order chi connectivity index (χ1) is 13.9. The molecule has 0 heterocycles. The van der Waals surface area contributed by atoms with Gasteiger partial charge < -0.3 is 9.84 Å². The number of rotatable bonds is 25. The number of aliphatic hydroxyl groups is 1. The van der Waals surface area contributed by atoms with Crippen molar-refractivity contribution < 1.29 is 9.84 Å². The topological polar surface area (TPSA) is 29.5 Å². The largest absolute Gasteiger partial charge is 0.396 e. The lowest BCUT2D eigenvalue weighted by molar-refractivity contribution is 0.125. The summed E-state index contributed by atoms with van der Waals surface area (Å²) in [5, 5.41) is 8.74. The van der Waals surface area contributed by atoms with E-state index >= 15 is 0 Å². The molecule has 1 N–H and O–H groups in total. The van der Waals surface area contributed by atoms with Gasteiger partial charge in [-0.25, -0.2) is 0 Å². The molecule has 0 aliphatic carbocycles. The maximum atomic E-state index is 8.74. The molecule has 0 bridgehead atoms. The van der Waals surface area contributed by atoms with Crippen molar-refractivity contribution in [3.8, 4) is 0 Å². The number of hydrogen-bond donors (Lipinski definition) is 1. The first-order valence-corrected chi connectivity index (χ1v) is 13.1. The molecule has 0 saturated heterocycles. The predicted octanol–water partition coefficient (Wildman–Crippen LogP) is 8.60. The van der Waals surface area contributed by atoms with Crippen molar-refractivity contribution in [2.24, 2.45) is 0 Å². The Kier molecular flexibility index (Phi) is 26.8. The van der Waals surface area contributed by atoms with Gasteiger partial charge in [0.15, 0.2) is 0 Å². The Morgan fingerprint density at radius 2 is 0.679 bits per heavy atom. The molecule has 0 rings (SSSR count). The second-order valence-electron chi connectivity index (χ2n) is 8.76. The fourth-order valence-corrected chi connectivity index (χ4v) is 3.88. The van der Waals surface area contributed by atoms with Gasteiger partial charge in [0.25, 0.3) is 0 Å². The molecule has 0 amide bonds. The molecular weight excluding hydrogens is 344 g/mol. The van der Waals surface area contributed by atoms with Gasteiger partial charge in [0, 0.05) is 19.8 Å². The van der Waals surface area contributed by atoms with Crippen LogP contribution in [0, 0.1) is 0 Å². The molecule has 170 valence electrons. The Hall–Kier alpha value is -0.0800. The van der Waals surface area contributed by atoms with Gasteiger partial charge in [-0.3, -0.25) is 0 Å². The van der Waals surface area contributed by atoms with Crippen molar-refractivity contribution >= 4 is 0 Å². The summed E-state index contributed by atoms with van der Waals surface area (Å²) >= 11 is 0. The van der Waals surface area contributed by atoms with Crippen LogP contribution in [0.1, 0.15) is 148 Å². The lowest BCUT2D eigenvalue weighted by Gasteiger charge is -2.05. The predicted molar refractivity (Wildman–Crippen MR) is 125 cm³/mol. The maximum Gasteiger partial charge on any atom is 0.0466 e. The van der Waals surface area contributed by atoms with Crippen molar-refractivity contribution in [1.29, 1.82) is 0 Å². The van der Waals surface area contributed by atoms with Crippen LogP contribution in [0.25, 0.3) is 0 Å². The Labute approximate surface area is 178 Å². The molecule has 2 nitrogen and oxygen atoms in total. The Bertz CT molecular complexity index is 229. The van der Waals surface area contributed by atoms with Gasteiger partial charge in [-0.2, -0.15) is 0 Å². The van der Waals surface area contributed by atoms with E-state index in [0.717, 1.165) is 19.6 Å². The standard InChI is InChI=1S/C26H54O2/c1-2-3-4-5-6-7-13-16-19-22-25-28-26-23-20-17-14-11-9-8-10-12-15-18-21-24-27/h27H,2-26H2,1H3. The van der Waals surface area contributed by atoms with Crippen LogP contribution in [-0.4, -0.2) is 24.9 Å². The van der Waals surface area contributed by atoms with Crippen molar-refractivity contribution in [1.82, 2.24) is 0 Å². The van der Waals surface area contributed by atoms with E-state index in [4.69, 9.17) is 9.84 Å². The number of ether oxygens (including phenoxy) is 1. The summed E-state index contributed by atoms with van der Waals surface area (Å²) in [5.74, 6) is 0. The first-order valence-electron chi connectivity index (χ1n) is 13.1. The van der Waals surface area contributed by atoms with Crippen LogP contribution in [0.5, 0.6) is 0 Å². The molecule has 0 unspecified atom stereocenters. The zero-order valence-electron chi connectivity index (χ0n) is 19.5. The van der Waals surface area contributed by atoms with Crippen LogP contribution in [0.15, 0.2) is 0 Å². The van der Waals surface area contributed by atoms with Crippen molar-refractivity contribution in [2.75, 3.05) is 19.8 Å². The van der Waals surface area contributed by atoms with Crippen LogP contribution >= 0.6 is 0 Å². The van der Waals surface area contributed by atoms with E-state index in [1.54, 1.807) is 0 Å². The fraction of sp³-hybridized carbons (Fsp3) is 1.00. The van der Waals surface area contributed by atoms with Crippen LogP contribution in [0.2, 0.25) is 0 Å². The van der Waals surface area contributed by atoms with Gasteiger partial charge in [0.05, 0.1) is 0 Å². The summed E-state index contributed by atoms with van der Waals surface area (Å²) in [7, 11) is 0. The molecule has 0 saturated carbocycles. The quantitative estimate of drug-likeness (QED) is 0.156. The summed E-state index contributed by atoms with van der Waals surface area (Å²) in [6.07, 6.45) is 29.9. The molecular formula is C26H54O2. The molecule has 0 aromatic heterocycles. The summed E-state index contributed by atoms with van der Waals surface area (Å²) < 4.78 is 5.79. The Morgan fingerprint density at radius 3 is 1.00 bits per heavy atom. The van der Waals surface area contributed by atoms with Gasteiger partial charge in [-0.05, 0) is 19.3 Å². The van der Waals surface area contributed by atoms with E-state index < -0.39 is 0 Å². The highest BCUT2D eigenvalue weighted by Gasteiger charge is 1.95. The van der Waals surface area contributed by atoms with E-state index in [9.17, 15) is 0 Å². The fourth-order valence-electron chi connectivity index (χ4n) is 3.88. The highest BCUT2D eigenvalue weighted by atomic mass is 16.5. The molecule has 0 fully saturated rings. The molecule has 2 heteroatoms. The van der Waals surface area contributed by atoms with E-state index in [1.807, 2.05) is 0 Å². The van der Waals surface area contributed by atoms with E-state index in [0.29, 0.717) is 6.61 Å². The Morgan fingerprint density at radius 1 is 0.393 bits per heavy atom. The highest BCUT2D eigenvalue weighted by molar-refractivity contribution is 4.50. The van der Waals surface area contributed by atoms with Crippen LogP contribution in [0.3, 0.4) is 0 Å². The summed E-state index contributed by atoms with van der Waals surface area (Å²) in [6, 6.07) is 0. The van der Waals surface area contributed by atoms with Gasteiger partial charge in [0.2, 0.25) is 0 Å². The Balaban J connectivity index is 2.96. The minimum absolute atomic E-state index is 0.365. The third-order valence-electron chi connectivity index (χ3n) is 5.84. The second-order valence-corrected chi connectivity index (χ2v) is 8.76. The van der Waals surface area contributed by atoms with Crippen molar-refractivity contribution in [3.63, 3.8) is 0 Å². The van der Waals surface area contributed by atoms with Gasteiger partial charge in [0.1, 0.15) is 0 Å². The van der Waals surface area contributed by atoms with Crippen molar-refractivity contribution in [3.05, 3.63) is 0 Å². The molecule has 0 aliphatic rings. The highest BCUT2D eigenvalue weighted by Crippen LogP contribution is 2.12. The van der Waals surface area contributed by atoms with Crippen molar-refractivity contribution in [2.45, 2.75) is 148 Å². The molecule has 28 heavy (non-hydrogen) atoms.